The molecular formula is C18H16ClNO4. The van der Waals surface area contributed by atoms with Crippen molar-refractivity contribution < 1.29 is 19.1 Å². The van der Waals surface area contributed by atoms with Gasteiger partial charge in [-0.3, -0.25) is 14.4 Å². The number of allylic oxidation sites excluding steroid dienone is 1. The first-order chi connectivity index (χ1) is 11.3. The lowest BCUT2D eigenvalue weighted by Crippen LogP contribution is -2.34. The lowest BCUT2D eigenvalue weighted by molar-refractivity contribution is -0.126. The maximum absolute atomic E-state index is 12.9. The average molecular weight is 346 g/mol. The molecule has 0 spiro atoms. The first-order valence-corrected chi connectivity index (χ1v) is 8.22. The number of halogens is 1. The van der Waals surface area contributed by atoms with Crippen molar-refractivity contribution in [3.63, 3.8) is 0 Å². The molecule has 0 bridgehead atoms. The van der Waals surface area contributed by atoms with Crippen LogP contribution >= 0.6 is 11.6 Å². The van der Waals surface area contributed by atoms with Crippen molar-refractivity contribution in [2.24, 2.45) is 11.3 Å². The Labute approximate surface area is 144 Å². The summed E-state index contributed by atoms with van der Waals surface area (Å²) in [7, 11) is 0. The van der Waals surface area contributed by atoms with E-state index in [2.05, 4.69) is 0 Å². The monoisotopic (exact) mass is 345 g/mol. The number of fused-ring (bicyclic) bond motifs is 2. The number of hydrogen-bond donors (Lipinski definition) is 0. The molecule has 24 heavy (non-hydrogen) atoms. The van der Waals surface area contributed by atoms with Crippen LogP contribution in [0, 0.1) is 11.3 Å². The second kappa shape index (κ2) is 4.93. The van der Waals surface area contributed by atoms with Crippen LogP contribution in [0.2, 0.25) is 5.02 Å². The number of carbonyl (C=O) groups excluding carboxylic acids is 3. The molecule has 2 amide bonds. The number of anilines is 1. The van der Waals surface area contributed by atoms with Crippen molar-refractivity contribution in [2.45, 2.75) is 32.8 Å². The normalized spacial score (nSPS) is 28.1. The van der Waals surface area contributed by atoms with E-state index in [-0.39, 0.29) is 11.2 Å². The number of Topliss-reactive ketones (excluding diaryl/α,β-unsaturated/α-hetero) is 1. The van der Waals surface area contributed by atoms with Gasteiger partial charge in [0.05, 0.1) is 5.69 Å². The molecule has 1 aromatic rings. The third-order valence-corrected chi connectivity index (χ3v) is 5.05. The summed E-state index contributed by atoms with van der Waals surface area (Å²) in [5.41, 5.74) is 0.628. The number of ether oxygens (including phenoxy) is 1. The Hall–Kier alpha value is -2.14. The summed E-state index contributed by atoms with van der Waals surface area (Å²) < 4.78 is 5.77. The SMILES string of the molecule is CC1(C)CC(=O)C2=C(C1)O[C@@H]1C(=O)N(c3ccc(Cl)cc3)C(=O)[C@H]21. The van der Waals surface area contributed by atoms with Crippen molar-refractivity contribution in [2.75, 3.05) is 4.90 Å². The largest absolute Gasteiger partial charge is 0.483 e. The summed E-state index contributed by atoms with van der Waals surface area (Å²) in [6, 6.07) is 6.46. The lowest BCUT2D eigenvalue weighted by Gasteiger charge is -2.29. The fourth-order valence-electron chi connectivity index (χ4n) is 3.77. The molecule has 2 heterocycles. The molecule has 2 atom stereocenters. The van der Waals surface area contributed by atoms with Crippen molar-refractivity contribution in [3.05, 3.63) is 40.6 Å². The highest BCUT2D eigenvalue weighted by molar-refractivity contribution is 6.31. The standard InChI is InChI=1S/C18H16ClNO4/c1-18(2)7-11(21)13-12(8-18)24-15-14(13)16(22)20(17(15)23)10-5-3-9(19)4-6-10/h3-6,14-15H,7-8H2,1-2H3/t14-,15+/m1/s1. The summed E-state index contributed by atoms with van der Waals surface area (Å²) >= 11 is 5.86. The highest BCUT2D eigenvalue weighted by Crippen LogP contribution is 2.48. The lowest BCUT2D eigenvalue weighted by atomic mass is 9.74. The molecule has 5 nitrogen and oxygen atoms in total. The van der Waals surface area contributed by atoms with Gasteiger partial charge in [-0.05, 0) is 29.7 Å². The highest BCUT2D eigenvalue weighted by atomic mass is 35.5. The minimum atomic E-state index is -0.920. The predicted molar refractivity (Wildman–Crippen MR) is 87.4 cm³/mol. The molecule has 0 unspecified atom stereocenters. The van der Waals surface area contributed by atoms with Crippen LogP contribution in [-0.2, 0) is 19.1 Å². The van der Waals surface area contributed by atoms with Crippen LogP contribution in [0.1, 0.15) is 26.7 Å². The van der Waals surface area contributed by atoms with Crippen LogP contribution in [0.4, 0.5) is 5.69 Å². The maximum atomic E-state index is 12.9. The number of benzene rings is 1. The number of hydrogen-bond acceptors (Lipinski definition) is 4. The third kappa shape index (κ3) is 2.11. The van der Waals surface area contributed by atoms with E-state index >= 15 is 0 Å². The molecule has 124 valence electrons. The molecule has 1 aromatic carbocycles. The Balaban J connectivity index is 1.72. The number of imide groups is 1. The van der Waals surface area contributed by atoms with Gasteiger partial charge < -0.3 is 4.74 Å². The number of rotatable bonds is 1. The summed E-state index contributed by atoms with van der Waals surface area (Å²) in [6.07, 6.45) is 0.0136. The van der Waals surface area contributed by atoms with E-state index < -0.39 is 23.8 Å². The molecule has 0 aromatic heterocycles. The molecule has 3 aliphatic rings. The molecule has 4 rings (SSSR count). The molecular weight excluding hydrogens is 330 g/mol. The molecule has 0 N–H and O–H groups in total. The Morgan fingerprint density at radius 1 is 1.08 bits per heavy atom. The predicted octanol–water partition coefficient (Wildman–Crippen LogP) is 2.87. The second-order valence-corrected chi connectivity index (χ2v) is 7.72. The molecule has 2 aliphatic heterocycles. The molecule has 1 saturated heterocycles. The zero-order chi connectivity index (χ0) is 17.2. The van der Waals surface area contributed by atoms with Crippen molar-refractivity contribution in [1.82, 2.24) is 0 Å². The zero-order valence-electron chi connectivity index (χ0n) is 13.3. The van der Waals surface area contributed by atoms with Crippen LogP contribution in [0.15, 0.2) is 35.6 Å². The summed E-state index contributed by atoms with van der Waals surface area (Å²) in [4.78, 5) is 39.2. The molecule has 1 fully saturated rings. The maximum Gasteiger partial charge on any atom is 0.276 e. The van der Waals surface area contributed by atoms with Crippen molar-refractivity contribution in [1.29, 1.82) is 0 Å². The van der Waals surface area contributed by atoms with E-state index in [1.807, 2.05) is 13.8 Å². The van der Waals surface area contributed by atoms with Gasteiger partial charge in [-0.15, -0.1) is 0 Å². The van der Waals surface area contributed by atoms with Crippen LogP contribution in [0.25, 0.3) is 0 Å². The van der Waals surface area contributed by atoms with Gasteiger partial charge in [-0.25, -0.2) is 4.90 Å². The van der Waals surface area contributed by atoms with E-state index in [9.17, 15) is 14.4 Å². The summed E-state index contributed by atoms with van der Waals surface area (Å²) in [6.45, 7) is 3.96. The fourth-order valence-corrected chi connectivity index (χ4v) is 3.89. The quantitative estimate of drug-likeness (QED) is 0.734. The topological polar surface area (TPSA) is 63.7 Å². The van der Waals surface area contributed by atoms with Crippen LogP contribution in [-0.4, -0.2) is 23.7 Å². The van der Waals surface area contributed by atoms with Crippen LogP contribution in [0.5, 0.6) is 0 Å². The van der Waals surface area contributed by atoms with Gasteiger partial charge in [0.2, 0.25) is 5.91 Å². The molecule has 0 radical (unpaired) electrons. The number of carbonyl (C=O) groups is 3. The van der Waals surface area contributed by atoms with E-state index in [4.69, 9.17) is 16.3 Å². The third-order valence-electron chi connectivity index (χ3n) is 4.80. The Kier molecular flexibility index (Phi) is 3.16. The van der Waals surface area contributed by atoms with E-state index in [0.29, 0.717) is 34.9 Å². The van der Waals surface area contributed by atoms with Crippen LogP contribution < -0.4 is 4.90 Å². The zero-order valence-corrected chi connectivity index (χ0v) is 14.1. The van der Waals surface area contributed by atoms with Gasteiger partial charge in [0.1, 0.15) is 11.7 Å². The highest BCUT2D eigenvalue weighted by Gasteiger charge is 2.59. The minimum absolute atomic E-state index is 0.0899. The van der Waals surface area contributed by atoms with Gasteiger partial charge in [0.15, 0.2) is 11.9 Å². The minimum Gasteiger partial charge on any atom is -0.483 e. The van der Waals surface area contributed by atoms with Gasteiger partial charge in [0.25, 0.3) is 5.91 Å². The van der Waals surface area contributed by atoms with E-state index in [0.717, 1.165) is 4.90 Å². The Bertz CT molecular complexity index is 809. The van der Waals surface area contributed by atoms with Gasteiger partial charge >= 0.3 is 0 Å². The first kappa shape index (κ1) is 15.4. The summed E-state index contributed by atoms with van der Waals surface area (Å²) in [5, 5.41) is 0.518. The average Bonchev–Trinajstić information content (AvgIpc) is 2.96. The number of nitrogens with zero attached hydrogens (tertiary/aromatic N) is 1. The van der Waals surface area contributed by atoms with E-state index in [1.165, 1.54) is 0 Å². The molecule has 6 heteroatoms. The first-order valence-electron chi connectivity index (χ1n) is 7.85. The molecule has 0 saturated carbocycles. The second-order valence-electron chi connectivity index (χ2n) is 7.28. The smallest absolute Gasteiger partial charge is 0.276 e. The fraction of sp³-hybridized carbons (Fsp3) is 0.389. The van der Waals surface area contributed by atoms with Gasteiger partial charge in [-0.1, -0.05) is 25.4 Å². The van der Waals surface area contributed by atoms with Crippen LogP contribution in [0.3, 0.4) is 0 Å². The Morgan fingerprint density at radius 3 is 2.42 bits per heavy atom. The van der Waals surface area contributed by atoms with Gasteiger partial charge in [-0.2, -0.15) is 0 Å². The number of amides is 2. The van der Waals surface area contributed by atoms with Crippen molar-refractivity contribution >= 4 is 34.9 Å². The van der Waals surface area contributed by atoms with Crippen molar-refractivity contribution in [3.8, 4) is 0 Å². The summed E-state index contributed by atoms with van der Waals surface area (Å²) in [5.74, 6) is -1.21. The van der Waals surface area contributed by atoms with Gasteiger partial charge in [0, 0.05) is 23.4 Å². The Morgan fingerprint density at radius 2 is 1.75 bits per heavy atom. The van der Waals surface area contributed by atoms with E-state index in [1.54, 1.807) is 24.3 Å². The number of ketones is 1. The molecule has 1 aliphatic carbocycles.